The molecule has 0 aromatic carbocycles. The summed E-state index contributed by atoms with van der Waals surface area (Å²) in [6.07, 6.45) is 0.681. The van der Waals surface area contributed by atoms with Crippen LogP contribution in [0, 0.1) is 0 Å². The Bertz CT molecular complexity index is 506. The van der Waals surface area contributed by atoms with Gasteiger partial charge in [-0.15, -0.1) is 11.3 Å². The van der Waals surface area contributed by atoms with Gasteiger partial charge in [0, 0.05) is 11.4 Å². The summed E-state index contributed by atoms with van der Waals surface area (Å²) in [5.74, 6) is -0.768. The number of halogens is 1. The number of hydrogen-bond acceptors (Lipinski definition) is 4. The Kier molecular flexibility index (Phi) is 5.01. The summed E-state index contributed by atoms with van der Waals surface area (Å²) in [5, 5.41) is 2.84. The number of carbonyl (C=O) groups excluding carboxylic acids is 2. The van der Waals surface area contributed by atoms with Crippen LogP contribution in [0.2, 0.25) is 4.34 Å². The number of thiophene rings is 1. The minimum Gasteiger partial charge on any atom is -0.367 e. The van der Waals surface area contributed by atoms with Gasteiger partial charge in [-0.05, 0) is 31.9 Å². The van der Waals surface area contributed by atoms with Gasteiger partial charge in [-0.3, -0.25) is 9.59 Å². The molecule has 2 rings (SSSR count). The van der Waals surface area contributed by atoms with Gasteiger partial charge >= 0.3 is 0 Å². The van der Waals surface area contributed by atoms with Crippen molar-refractivity contribution >= 4 is 34.8 Å². The topological polar surface area (TPSA) is 81.4 Å². The molecule has 2 heterocycles. The fourth-order valence-electron chi connectivity index (χ4n) is 2.12. The Morgan fingerprint density at radius 2 is 2.30 bits per heavy atom. The van der Waals surface area contributed by atoms with E-state index >= 15 is 0 Å². The van der Waals surface area contributed by atoms with Crippen LogP contribution in [0.1, 0.15) is 30.6 Å². The van der Waals surface area contributed by atoms with Crippen LogP contribution in [0.25, 0.3) is 0 Å². The summed E-state index contributed by atoms with van der Waals surface area (Å²) >= 11 is 7.26. The van der Waals surface area contributed by atoms with Crippen LogP contribution in [0.15, 0.2) is 12.1 Å². The Balaban J connectivity index is 1.79. The number of rotatable bonds is 5. The second kappa shape index (κ2) is 6.56. The molecule has 3 N–H and O–H groups in total. The average molecular weight is 317 g/mol. The molecule has 110 valence electrons. The fraction of sp³-hybridized carbons (Fsp3) is 0.538. The van der Waals surface area contributed by atoms with Crippen molar-refractivity contribution in [3.63, 3.8) is 0 Å². The second-order valence-electron chi connectivity index (χ2n) is 4.84. The zero-order chi connectivity index (χ0) is 14.7. The van der Waals surface area contributed by atoms with Gasteiger partial charge in [0.1, 0.15) is 6.10 Å². The van der Waals surface area contributed by atoms with Crippen molar-refractivity contribution in [1.29, 1.82) is 0 Å². The smallest absolute Gasteiger partial charge is 0.246 e. The van der Waals surface area contributed by atoms with E-state index in [2.05, 4.69) is 5.32 Å². The van der Waals surface area contributed by atoms with Gasteiger partial charge in [0.2, 0.25) is 11.8 Å². The molecule has 2 amide bonds. The van der Waals surface area contributed by atoms with Gasteiger partial charge in [-0.2, -0.15) is 0 Å². The minimum atomic E-state index is -0.523. The Morgan fingerprint density at radius 1 is 1.55 bits per heavy atom. The van der Waals surface area contributed by atoms with E-state index in [0.29, 0.717) is 17.3 Å². The normalized spacial score (nSPS) is 23.5. The van der Waals surface area contributed by atoms with Gasteiger partial charge in [0.15, 0.2) is 0 Å². The number of carbonyl (C=O) groups is 2. The van der Waals surface area contributed by atoms with Crippen molar-refractivity contribution < 1.29 is 14.3 Å². The van der Waals surface area contributed by atoms with Gasteiger partial charge in [0.05, 0.1) is 16.4 Å². The maximum atomic E-state index is 12.0. The standard InChI is InChI=1S/C13H17ClN2O3S/c1-7(10-4-5-11(14)20-10)13(18)16-6-8-2-3-9(19-8)12(15)17/h4-5,7-9H,2-3,6H2,1H3,(H2,15,17)(H,16,18)/t7-,8+,9+/m0/s1. The molecule has 1 aliphatic rings. The van der Waals surface area contributed by atoms with Crippen molar-refractivity contribution in [2.45, 2.75) is 37.9 Å². The summed E-state index contributed by atoms with van der Waals surface area (Å²) in [6, 6.07) is 3.63. The first kappa shape index (κ1) is 15.3. The lowest BCUT2D eigenvalue weighted by atomic mass is 10.1. The van der Waals surface area contributed by atoms with E-state index in [1.54, 1.807) is 6.07 Å². The minimum absolute atomic E-state index is 0.0744. The lowest BCUT2D eigenvalue weighted by Crippen LogP contribution is -2.36. The third-order valence-electron chi connectivity index (χ3n) is 3.34. The molecule has 7 heteroatoms. The van der Waals surface area contributed by atoms with Crippen LogP contribution in [0.3, 0.4) is 0 Å². The number of primary amides is 1. The Hall–Kier alpha value is -1.11. The number of amides is 2. The average Bonchev–Trinajstić information content (AvgIpc) is 3.03. The van der Waals surface area contributed by atoms with Crippen LogP contribution in [-0.2, 0) is 14.3 Å². The number of hydrogen-bond donors (Lipinski definition) is 2. The highest BCUT2D eigenvalue weighted by Gasteiger charge is 2.29. The fourth-order valence-corrected chi connectivity index (χ4v) is 3.23. The molecule has 1 saturated heterocycles. The van der Waals surface area contributed by atoms with Crippen molar-refractivity contribution in [2.24, 2.45) is 5.73 Å². The van der Waals surface area contributed by atoms with Crippen molar-refractivity contribution in [1.82, 2.24) is 5.32 Å². The van der Waals surface area contributed by atoms with Crippen molar-refractivity contribution in [3.05, 3.63) is 21.3 Å². The Labute approximate surface area is 126 Å². The van der Waals surface area contributed by atoms with E-state index in [-0.39, 0.29) is 17.9 Å². The molecule has 5 nitrogen and oxygen atoms in total. The number of ether oxygens (including phenoxy) is 1. The SMILES string of the molecule is C[C@H](C(=O)NC[C@H]1CC[C@H](C(N)=O)O1)c1ccc(Cl)s1. The molecule has 1 fully saturated rings. The predicted octanol–water partition coefficient (Wildman–Crippen LogP) is 1.65. The van der Waals surface area contributed by atoms with Crippen LogP contribution in [0.4, 0.5) is 0 Å². The molecule has 0 radical (unpaired) electrons. The highest BCUT2D eigenvalue weighted by Crippen LogP contribution is 2.28. The van der Waals surface area contributed by atoms with Gasteiger partial charge in [0.25, 0.3) is 0 Å². The quantitative estimate of drug-likeness (QED) is 0.866. The molecule has 1 aromatic rings. The van der Waals surface area contributed by atoms with Crippen LogP contribution >= 0.6 is 22.9 Å². The lowest BCUT2D eigenvalue weighted by Gasteiger charge is -2.15. The summed E-state index contributed by atoms with van der Waals surface area (Å²) in [4.78, 5) is 23.9. The summed E-state index contributed by atoms with van der Waals surface area (Å²) in [5.41, 5.74) is 5.18. The van der Waals surface area contributed by atoms with E-state index < -0.39 is 12.0 Å². The lowest BCUT2D eigenvalue weighted by molar-refractivity contribution is -0.128. The summed E-state index contributed by atoms with van der Waals surface area (Å²) < 4.78 is 6.12. The third kappa shape index (κ3) is 3.71. The molecule has 3 atom stereocenters. The van der Waals surface area contributed by atoms with Crippen LogP contribution < -0.4 is 11.1 Å². The zero-order valence-corrected chi connectivity index (χ0v) is 12.7. The largest absolute Gasteiger partial charge is 0.367 e. The maximum Gasteiger partial charge on any atom is 0.246 e. The van der Waals surface area contributed by atoms with Gasteiger partial charge in [-0.1, -0.05) is 11.6 Å². The molecule has 1 aromatic heterocycles. The van der Waals surface area contributed by atoms with Crippen molar-refractivity contribution in [3.8, 4) is 0 Å². The molecule has 1 aliphatic heterocycles. The summed E-state index contributed by atoms with van der Waals surface area (Å²) in [7, 11) is 0. The number of nitrogens with one attached hydrogen (secondary N) is 1. The number of nitrogens with two attached hydrogens (primary N) is 1. The molecular formula is C13H17ClN2O3S. The summed E-state index contributed by atoms with van der Waals surface area (Å²) in [6.45, 7) is 2.23. The van der Waals surface area contributed by atoms with Crippen LogP contribution in [0.5, 0.6) is 0 Å². The Morgan fingerprint density at radius 3 is 2.85 bits per heavy atom. The van der Waals surface area contributed by atoms with E-state index in [1.807, 2.05) is 13.0 Å². The van der Waals surface area contributed by atoms with E-state index in [0.717, 1.165) is 11.3 Å². The third-order valence-corrected chi connectivity index (χ3v) is 4.76. The first-order valence-corrected chi connectivity index (χ1v) is 7.64. The molecule has 20 heavy (non-hydrogen) atoms. The maximum absolute atomic E-state index is 12.0. The molecule has 0 aliphatic carbocycles. The van der Waals surface area contributed by atoms with E-state index in [4.69, 9.17) is 22.1 Å². The predicted molar refractivity (Wildman–Crippen MR) is 77.8 cm³/mol. The first-order valence-electron chi connectivity index (χ1n) is 6.45. The molecule has 0 spiro atoms. The molecular weight excluding hydrogens is 300 g/mol. The molecule has 0 bridgehead atoms. The van der Waals surface area contributed by atoms with E-state index in [9.17, 15) is 9.59 Å². The zero-order valence-electron chi connectivity index (χ0n) is 11.1. The second-order valence-corrected chi connectivity index (χ2v) is 6.58. The molecule has 0 unspecified atom stereocenters. The van der Waals surface area contributed by atoms with E-state index in [1.165, 1.54) is 11.3 Å². The first-order chi connectivity index (χ1) is 9.47. The van der Waals surface area contributed by atoms with Gasteiger partial charge in [-0.25, -0.2) is 0 Å². The van der Waals surface area contributed by atoms with Crippen molar-refractivity contribution in [2.75, 3.05) is 6.54 Å². The van der Waals surface area contributed by atoms with Crippen LogP contribution in [-0.4, -0.2) is 30.6 Å². The monoisotopic (exact) mass is 316 g/mol. The molecule has 0 saturated carbocycles. The highest BCUT2D eigenvalue weighted by molar-refractivity contribution is 7.16. The highest BCUT2D eigenvalue weighted by atomic mass is 35.5. The van der Waals surface area contributed by atoms with Gasteiger partial charge < -0.3 is 15.8 Å².